The van der Waals surface area contributed by atoms with Crippen molar-refractivity contribution in [2.45, 2.75) is 0 Å². The molecule has 0 unspecified atom stereocenters. The fourth-order valence-corrected chi connectivity index (χ4v) is 16.3. The number of nitrogens with zero attached hydrogens (tertiary/aromatic N) is 2. The summed E-state index contributed by atoms with van der Waals surface area (Å²) in [6.07, 6.45) is 0. The molecule has 10 aromatic carbocycles. The third-order valence-electron chi connectivity index (χ3n) is 13.4. The normalized spacial score (nSPS) is 12.2. The highest BCUT2D eigenvalue weighted by Crippen LogP contribution is 2.50. The van der Waals surface area contributed by atoms with Gasteiger partial charge in [-0.05, 0) is 97.1 Å². The van der Waals surface area contributed by atoms with E-state index in [1.807, 2.05) is 56.7 Å². The molecule has 0 aliphatic rings. The first-order chi connectivity index (χ1) is 33.2. The molecule has 0 amide bonds. The Hall–Kier alpha value is -7.10. The van der Waals surface area contributed by atoms with Crippen molar-refractivity contribution in [1.29, 1.82) is 0 Å². The number of thiophene rings is 5. The predicted molar refractivity (Wildman–Crippen MR) is 300 cm³/mol. The fraction of sp³-hybridized carbons (Fsp3) is 0. The molecular weight excluding hydrogens is 909 g/mol. The van der Waals surface area contributed by atoms with E-state index in [1.54, 1.807) is 0 Å². The largest absolute Gasteiger partial charge is 0.309 e. The average Bonchev–Trinajstić information content (AvgIpc) is 4.20. The van der Waals surface area contributed by atoms with Crippen molar-refractivity contribution in [3.05, 3.63) is 206 Å². The number of hydrogen-bond donors (Lipinski definition) is 0. The van der Waals surface area contributed by atoms with E-state index in [2.05, 4.69) is 216 Å². The van der Waals surface area contributed by atoms with Crippen molar-refractivity contribution in [2.24, 2.45) is 0 Å². The molecule has 0 atom stereocenters. The number of anilines is 6. The van der Waals surface area contributed by atoms with E-state index in [0.717, 1.165) is 11.4 Å². The van der Waals surface area contributed by atoms with Crippen LogP contribution in [-0.2, 0) is 0 Å². The highest BCUT2D eigenvalue weighted by Gasteiger charge is 2.22. The maximum absolute atomic E-state index is 2.46. The van der Waals surface area contributed by atoms with Gasteiger partial charge in [-0.15, -0.1) is 56.7 Å². The molecule has 0 N–H and O–H groups in total. The lowest BCUT2D eigenvalue weighted by Crippen LogP contribution is -2.09. The SMILES string of the molecule is c1ccc(N(c2ccc3c(c2)sc2cc4c(cc23)sc2cc3c(cc24)sc2cc(N(c4ccccc4)c4cccc5c4sc4ccccc45)ccc23)c2cccc3c2sc2ccccc23)cc1. The minimum absolute atomic E-state index is 1.15. The second-order valence-corrected chi connectivity index (χ2v) is 22.6. The number of para-hydroxylation sites is 2. The van der Waals surface area contributed by atoms with Gasteiger partial charge >= 0.3 is 0 Å². The molecule has 0 aliphatic carbocycles. The van der Waals surface area contributed by atoms with E-state index in [4.69, 9.17) is 0 Å². The van der Waals surface area contributed by atoms with Crippen LogP contribution in [0.5, 0.6) is 0 Å². The van der Waals surface area contributed by atoms with E-state index in [0.29, 0.717) is 0 Å². The van der Waals surface area contributed by atoms with E-state index < -0.39 is 0 Å². The van der Waals surface area contributed by atoms with E-state index in [-0.39, 0.29) is 0 Å². The van der Waals surface area contributed by atoms with E-state index >= 15 is 0 Å². The van der Waals surface area contributed by atoms with Gasteiger partial charge < -0.3 is 9.80 Å². The second kappa shape index (κ2) is 14.7. The van der Waals surface area contributed by atoms with Gasteiger partial charge in [0.2, 0.25) is 0 Å². The maximum atomic E-state index is 2.46. The summed E-state index contributed by atoms with van der Waals surface area (Å²) in [5.74, 6) is 0. The Kier molecular flexibility index (Phi) is 8.35. The van der Waals surface area contributed by atoms with Gasteiger partial charge in [0.1, 0.15) is 0 Å². The molecule has 0 radical (unpaired) electrons. The van der Waals surface area contributed by atoms with Crippen LogP contribution in [0, 0.1) is 0 Å². The van der Waals surface area contributed by atoms with Crippen LogP contribution in [0.4, 0.5) is 34.1 Å². The summed E-state index contributed by atoms with van der Waals surface area (Å²) < 4.78 is 13.2. The van der Waals surface area contributed by atoms with Crippen molar-refractivity contribution in [1.82, 2.24) is 0 Å². The molecule has 0 saturated carbocycles. The van der Waals surface area contributed by atoms with Crippen molar-refractivity contribution in [3.63, 3.8) is 0 Å². The molecule has 0 aliphatic heterocycles. The van der Waals surface area contributed by atoms with Crippen LogP contribution in [0.3, 0.4) is 0 Å². The van der Waals surface area contributed by atoms with Gasteiger partial charge in [-0.2, -0.15) is 0 Å². The van der Waals surface area contributed by atoms with Crippen molar-refractivity contribution in [2.75, 3.05) is 9.80 Å². The van der Waals surface area contributed by atoms with Gasteiger partial charge in [-0.1, -0.05) is 109 Å². The molecule has 5 aromatic heterocycles. The molecule has 0 fully saturated rings. The number of hydrogen-bond acceptors (Lipinski definition) is 7. The molecule has 0 saturated heterocycles. The lowest BCUT2D eigenvalue weighted by molar-refractivity contribution is 1.31. The molecule has 0 spiro atoms. The molecule has 67 heavy (non-hydrogen) atoms. The minimum Gasteiger partial charge on any atom is -0.309 e. The van der Waals surface area contributed by atoms with Crippen molar-refractivity contribution in [3.8, 4) is 0 Å². The van der Waals surface area contributed by atoms with Gasteiger partial charge in [-0.3, -0.25) is 0 Å². The number of benzene rings is 10. The Bertz CT molecular complexity index is 4190. The number of fused-ring (bicyclic) bond motifs is 15. The summed E-state index contributed by atoms with van der Waals surface area (Å²) in [5.41, 5.74) is 7.06. The van der Waals surface area contributed by atoms with Crippen LogP contribution in [0.15, 0.2) is 206 Å². The van der Waals surface area contributed by atoms with Gasteiger partial charge in [-0.25, -0.2) is 0 Å². The van der Waals surface area contributed by atoms with Crippen molar-refractivity contribution < 1.29 is 0 Å². The Morgan fingerprint density at radius 3 is 0.985 bits per heavy atom. The summed E-state index contributed by atoms with van der Waals surface area (Å²) in [4.78, 5) is 4.88. The maximum Gasteiger partial charge on any atom is 0.0640 e. The summed E-state index contributed by atoms with van der Waals surface area (Å²) in [7, 11) is 0. The lowest BCUT2D eigenvalue weighted by atomic mass is 10.1. The van der Waals surface area contributed by atoms with Crippen LogP contribution in [0.25, 0.3) is 101 Å². The van der Waals surface area contributed by atoms with E-state index in [1.165, 1.54) is 124 Å². The molecule has 7 heteroatoms. The zero-order valence-corrected chi connectivity index (χ0v) is 39.6. The Balaban J connectivity index is 0.845. The first-order valence-corrected chi connectivity index (χ1v) is 26.5. The van der Waals surface area contributed by atoms with Gasteiger partial charge in [0.25, 0.3) is 0 Å². The molecule has 2 nitrogen and oxygen atoms in total. The van der Waals surface area contributed by atoms with Crippen LogP contribution in [0.1, 0.15) is 0 Å². The van der Waals surface area contributed by atoms with Crippen LogP contribution >= 0.6 is 56.7 Å². The van der Waals surface area contributed by atoms with Crippen LogP contribution in [-0.4, -0.2) is 0 Å². The van der Waals surface area contributed by atoms with Gasteiger partial charge in [0.05, 0.1) is 20.8 Å². The summed E-state index contributed by atoms with van der Waals surface area (Å²) in [6, 6.07) is 76.7. The molecule has 15 rings (SSSR count). The Morgan fingerprint density at radius 2 is 0.552 bits per heavy atom. The minimum atomic E-state index is 1.15. The average molecular weight is 943 g/mol. The molecule has 15 aromatic rings. The molecule has 5 heterocycles. The topological polar surface area (TPSA) is 6.48 Å². The summed E-state index contributed by atoms with van der Waals surface area (Å²) in [5, 5.41) is 13.2. The highest BCUT2D eigenvalue weighted by atomic mass is 32.1. The zero-order valence-electron chi connectivity index (χ0n) is 35.6. The zero-order chi connectivity index (χ0) is 43.7. The van der Waals surface area contributed by atoms with E-state index in [9.17, 15) is 0 Å². The van der Waals surface area contributed by atoms with Gasteiger partial charge in [0, 0.05) is 114 Å². The molecule has 0 bridgehead atoms. The standard InChI is InChI=1S/C60H34N2S5/c1-3-13-35(14-4-1)61(49-21-11-19-43-39-17-7-9-23-51(39)66-59(43)49)37-25-27-41-45-31-57-47(33-55(45)63-53(41)29-37)48-34-56-46(32-58(48)65-57)42-28-26-38(30-54(42)64-56)62(36-15-5-2-6-16-36)50-22-12-20-44-40-18-8-10-24-52(40)67-60(44)50/h1-34H. The lowest BCUT2D eigenvalue weighted by Gasteiger charge is -2.26. The smallest absolute Gasteiger partial charge is 0.0640 e. The highest BCUT2D eigenvalue weighted by molar-refractivity contribution is 7.29. The third-order valence-corrected chi connectivity index (χ3v) is 19.2. The van der Waals surface area contributed by atoms with Crippen LogP contribution in [0.2, 0.25) is 0 Å². The number of rotatable bonds is 6. The second-order valence-electron chi connectivity index (χ2n) is 17.2. The Labute approximate surface area is 404 Å². The summed E-state index contributed by atoms with van der Waals surface area (Å²) >= 11 is 9.49. The predicted octanol–water partition coefficient (Wildman–Crippen LogP) is 20.5. The monoisotopic (exact) mass is 942 g/mol. The Morgan fingerprint density at radius 1 is 0.209 bits per heavy atom. The van der Waals surface area contributed by atoms with Gasteiger partial charge in [0.15, 0.2) is 0 Å². The first-order valence-electron chi connectivity index (χ1n) is 22.4. The van der Waals surface area contributed by atoms with Crippen molar-refractivity contribution >= 4 is 192 Å². The first kappa shape index (κ1) is 38.1. The third kappa shape index (κ3) is 5.83. The van der Waals surface area contributed by atoms with Crippen LogP contribution < -0.4 is 9.80 Å². The molecule has 314 valence electrons. The molecular formula is C60H34N2S5. The fourth-order valence-electron chi connectivity index (χ4n) is 10.4. The quantitative estimate of drug-likeness (QED) is 0.164. The summed E-state index contributed by atoms with van der Waals surface area (Å²) in [6.45, 7) is 0.